The van der Waals surface area contributed by atoms with Gasteiger partial charge >= 0.3 is 0 Å². The molecule has 0 bridgehead atoms. The highest BCUT2D eigenvalue weighted by Crippen LogP contribution is 2.18. The third-order valence-corrected chi connectivity index (χ3v) is 5.37. The number of carbonyl (C=O) groups excluding carboxylic acids is 2. The smallest absolute Gasteiger partial charge is 0.251 e. The fraction of sp³-hybridized carbons (Fsp3) is 0.391. The first-order valence-electron chi connectivity index (χ1n) is 10.4. The Hall–Kier alpha value is -3.06. The van der Waals surface area contributed by atoms with Crippen molar-refractivity contribution in [3.05, 3.63) is 59.7 Å². The Morgan fingerprint density at radius 1 is 1.17 bits per heavy atom. The lowest BCUT2D eigenvalue weighted by molar-refractivity contribution is -0.120. The average Bonchev–Trinajstić information content (AvgIpc) is 3.30. The van der Waals surface area contributed by atoms with Crippen LogP contribution >= 0.6 is 0 Å². The molecule has 2 heterocycles. The number of amides is 2. The molecule has 2 N–H and O–H groups in total. The van der Waals surface area contributed by atoms with Gasteiger partial charge in [-0.1, -0.05) is 12.1 Å². The fourth-order valence-corrected chi connectivity index (χ4v) is 3.64. The van der Waals surface area contributed by atoms with Crippen molar-refractivity contribution in [2.75, 3.05) is 37.7 Å². The SMILES string of the molecule is O=C1CN(c2ccc(CNC(=O)c3ccc(OCC4CCCO4)cc3)cc2)CCN1. The minimum Gasteiger partial charge on any atom is -0.491 e. The predicted molar refractivity (Wildman–Crippen MR) is 114 cm³/mol. The first-order chi connectivity index (χ1) is 14.7. The van der Waals surface area contributed by atoms with E-state index in [0.717, 1.165) is 43.0 Å². The van der Waals surface area contributed by atoms with Crippen molar-refractivity contribution < 1.29 is 19.1 Å². The summed E-state index contributed by atoms with van der Waals surface area (Å²) in [7, 11) is 0. The predicted octanol–water partition coefficient (Wildman–Crippen LogP) is 2.11. The molecule has 7 heteroatoms. The van der Waals surface area contributed by atoms with Crippen molar-refractivity contribution in [1.29, 1.82) is 0 Å². The molecular weight excluding hydrogens is 382 g/mol. The normalized spacial score (nSPS) is 18.7. The summed E-state index contributed by atoms with van der Waals surface area (Å²) in [6.07, 6.45) is 2.30. The lowest BCUT2D eigenvalue weighted by Gasteiger charge is -2.28. The zero-order chi connectivity index (χ0) is 20.8. The molecule has 4 rings (SSSR count). The van der Waals surface area contributed by atoms with Crippen LogP contribution in [-0.2, 0) is 16.1 Å². The van der Waals surface area contributed by atoms with E-state index in [2.05, 4.69) is 10.6 Å². The summed E-state index contributed by atoms with van der Waals surface area (Å²) in [6, 6.07) is 15.1. The second-order valence-electron chi connectivity index (χ2n) is 7.59. The van der Waals surface area contributed by atoms with Crippen LogP contribution in [0.3, 0.4) is 0 Å². The van der Waals surface area contributed by atoms with Gasteiger partial charge in [0.25, 0.3) is 5.91 Å². The minimum atomic E-state index is -0.127. The molecule has 7 nitrogen and oxygen atoms in total. The first kappa shape index (κ1) is 20.2. The molecule has 2 amide bonds. The van der Waals surface area contributed by atoms with Crippen LogP contribution in [0.25, 0.3) is 0 Å². The summed E-state index contributed by atoms with van der Waals surface area (Å²) in [5, 5.41) is 5.76. The van der Waals surface area contributed by atoms with Gasteiger partial charge in [-0.3, -0.25) is 9.59 Å². The zero-order valence-corrected chi connectivity index (χ0v) is 16.9. The van der Waals surface area contributed by atoms with E-state index in [1.807, 2.05) is 41.3 Å². The number of nitrogens with zero attached hydrogens (tertiary/aromatic N) is 1. The van der Waals surface area contributed by atoms with Crippen molar-refractivity contribution in [3.63, 3.8) is 0 Å². The van der Waals surface area contributed by atoms with Gasteiger partial charge < -0.3 is 25.0 Å². The molecule has 1 unspecified atom stereocenters. The Bertz CT molecular complexity index is 861. The largest absolute Gasteiger partial charge is 0.491 e. The van der Waals surface area contributed by atoms with Crippen LogP contribution < -0.4 is 20.3 Å². The number of hydrogen-bond donors (Lipinski definition) is 2. The van der Waals surface area contributed by atoms with Gasteiger partial charge in [0.15, 0.2) is 0 Å². The van der Waals surface area contributed by atoms with E-state index < -0.39 is 0 Å². The number of rotatable bonds is 7. The molecule has 0 saturated carbocycles. The van der Waals surface area contributed by atoms with Crippen LogP contribution in [0, 0.1) is 0 Å². The number of nitrogens with one attached hydrogen (secondary N) is 2. The molecule has 0 spiro atoms. The first-order valence-corrected chi connectivity index (χ1v) is 10.4. The maximum absolute atomic E-state index is 12.4. The molecule has 1 atom stereocenters. The number of ether oxygens (including phenoxy) is 2. The van der Waals surface area contributed by atoms with Gasteiger partial charge in [-0.2, -0.15) is 0 Å². The second kappa shape index (κ2) is 9.63. The van der Waals surface area contributed by atoms with Crippen molar-refractivity contribution in [2.24, 2.45) is 0 Å². The molecule has 2 aliphatic heterocycles. The fourth-order valence-electron chi connectivity index (χ4n) is 3.64. The Kier molecular flexibility index (Phi) is 6.49. The van der Waals surface area contributed by atoms with Crippen molar-refractivity contribution in [1.82, 2.24) is 10.6 Å². The summed E-state index contributed by atoms with van der Waals surface area (Å²) in [4.78, 5) is 26.0. The molecular formula is C23H27N3O4. The van der Waals surface area contributed by atoms with Gasteiger partial charge in [0.05, 0.1) is 12.6 Å². The average molecular weight is 409 g/mol. The Morgan fingerprint density at radius 3 is 2.67 bits per heavy atom. The number of piperazine rings is 1. The molecule has 0 aromatic heterocycles. The topological polar surface area (TPSA) is 79.9 Å². The van der Waals surface area contributed by atoms with Gasteiger partial charge in [0.1, 0.15) is 12.4 Å². The van der Waals surface area contributed by atoms with E-state index >= 15 is 0 Å². The third-order valence-electron chi connectivity index (χ3n) is 5.37. The van der Waals surface area contributed by atoms with Crippen LogP contribution in [-0.4, -0.2) is 50.8 Å². The number of anilines is 1. The summed E-state index contributed by atoms with van der Waals surface area (Å²) < 4.78 is 11.3. The van der Waals surface area contributed by atoms with Crippen LogP contribution in [0.15, 0.2) is 48.5 Å². The van der Waals surface area contributed by atoms with Crippen LogP contribution in [0.2, 0.25) is 0 Å². The van der Waals surface area contributed by atoms with Gasteiger partial charge in [0, 0.05) is 37.5 Å². The van der Waals surface area contributed by atoms with E-state index in [1.165, 1.54) is 0 Å². The molecule has 2 aliphatic rings. The van der Waals surface area contributed by atoms with Crippen molar-refractivity contribution in [3.8, 4) is 5.75 Å². The highest BCUT2D eigenvalue weighted by molar-refractivity contribution is 5.94. The Morgan fingerprint density at radius 2 is 1.97 bits per heavy atom. The zero-order valence-electron chi connectivity index (χ0n) is 16.9. The Balaban J connectivity index is 1.25. The summed E-state index contributed by atoms with van der Waals surface area (Å²) in [5.41, 5.74) is 2.61. The van der Waals surface area contributed by atoms with Crippen LogP contribution in [0.5, 0.6) is 5.75 Å². The van der Waals surface area contributed by atoms with E-state index in [0.29, 0.717) is 31.8 Å². The van der Waals surface area contributed by atoms with Crippen LogP contribution in [0.1, 0.15) is 28.8 Å². The monoisotopic (exact) mass is 409 g/mol. The van der Waals surface area contributed by atoms with Crippen LogP contribution in [0.4, 0.5) is 5.69 Å². The minimum absolute atomic E-state index is 0.0425. The van der Waals surface area contributed by atoms with Gasteiger partial charge in [-0.15, -0.1) is 0 Å². The highest BCUT2D eigenvalue weighted by Gasteiger charge is 2.17. The second-order valence-corrected chi connectivity index (χ2v) is 7.59. The molecule has 2 fully saturated rings. The molecule has 2 aromatic carbocycles. The van der Waals surface area contributed by atoms with E-state index in [9.17, 15) is 9.59 Å². The molecule has 30 heavy (non-hydrogen) atoms. The van der Waals surface area contributed by atoms with E-state index in [-0.39, 0.29) is 17.9 Å². The van der Waals surface area contributed by atoms with Gasteiger partial charge in [0.2, 0.25) is 5.91 Å². The lowest BCUT2D eigenvalue weighted by atomic mass is 10.1. The van der Waals surface area contributed by atoms with Crippen molar-refractivity contribution >= 4 is 17.5 Å². The molecule has 0 aliphatic carbocycles. The molecule has 158 valence electrons. The maximum Gasteiger partial charge on any atom is 0.251 e. The number of hydrogen-bond acceptors (Lipinski definition) is 5. The lowest BCUT2D eigenvalue weighted by Crippen LogP contribution is -2.47. The van der Waals surface area contributed by atoms with Gasteiger partial charge in [-0.25, -0.2) is 0 Å². The number of carbonyl (C=O) groups is 2. The highest BCUT2D eigenvalue weighted by atomic mass is 16.5. The molecule has 2 saturated heterocycles. The Labute approximate surface area is 176 Å². The third kappa shape index (κ3) is 5.30. The summed E-state index contributed by atoms with van der Waals surface area (Å²) >= 11 is 0. The standard InChI is InChI=1S/C23H27N3O4/c27-22-15-26(12-11-24-22)19-7-3-17(4-8-19)14-25-23(28)18-5-9-20(10-6-18)30-16-21-2-1-13-29-21/h3-10,21H,1-2,11-16H2,(H,24,27)(H,25,28). The van der Waals surface area contributed by atoms with E-state index in [4.69, 9.17) is 9.47 Å². The molecule has 0 radical (unpaired) electrons. The van der Waals surface area contributed by atoms with E-state index in [1.54, 1.807) is 12.1 Å². The number of benzene rings is 2. The quantitative estimate of drug-likeness (QED) is 0.732. The van der Waals surface area contributed by atoms with Gasteiger partial charge in [-0.05, 0) is 54.8 Å². The summed E-state index contributed by atoms with van der Waals surface area (Å²) in [5.74, 6) is 0.655. The summed E-state index contributed by atoms with van der Waals surface area (Å²) in [6.45, 7) is 3.64. The maximum atomic E-state index is 12.4. The van der Waals surface area contributed by atoms with Crippen molar-refractivity contribution in [2.45, 2.75) is 25.5 Å². The molecule has 2 aromatic rings.